The molecule has 0 saturated heterocycles. The summed E-state index contributed by atoms with van der Waals surface area (Å²) in [4.78, 5) is 25.7. The van der Waals surface area contributed by atoms with Gasteiger partial charge in [-0.2, -0.15) is 5.26 Å². The van der Waals surface area contributed by atoms with Crippen molar-refractivity contribution in [1.29, 1.82) is 5.26 Å². The SMILES string of the molecule is N#CC1=C(N)n2c(sc(=Cc3c(F)cccc3Cl)c2=O)=C(C(N)=O)C1c1c(F)cccc1Cl. The van der Waals surface area contributed by atoms with Crippen molar-refractivity contribution in [2.24, 2.45) is 11.5 Å². The zero-order valence-corrected chi connectivity index (χ0v) is 18.7. The number of thiazole rings is 1. The van der Waals surface area contributed by atoms with Crippen LogP contribution in [0.25, 0.3) is 17.5 Å². The van der Waals surface area contributed by atoms with Gasteiger partial charge in [-0.05, 0) is 30.3 Å². The fourth-order valence-corrected chi connectivity index (χ4v) is 5.30. The highest BCUT2D eigenvalue weighted by Gasteiger charge is 2.37. The zero-order chi connectivity index (χ0) is 24.0. The quantitative estimate of drug-likeness (QED) is 0.569. The molecule has 11 heteroatoms. The van der Waals surface area contributed by atoms with Gasteiger partial charge in [-0.15, -0.1) is 11.3 Å². The van der Waals surface area contributed by atoms with Gasteiger partial charge in [-0.3, -0.25) is 14.2 Å². The summed E-state index contributed by atoms with van der Waals surface area (Å²) >= 11 is 13.0. The second-order valence-corrected chi connectivity index (χ2v) is 8.79. The van der Waals surface area contributed by atoms with Crippen LogP contribution in [-0.4, -0.2) is 10.5 Å². The number of fused-ring (bicyclic) bond motifs is 1. The van der Waals surface area contributed by atoms with Crippen LogP contribution in [0, 0.1) is 23.0 Å². The van der Waals surface area contributed by atoms with Crippen molar-refractivity contribution in [3.8, 4) is 6.07 Å². The van der Waals surface area contributed by atoms with Gasteiger partial charge in [0.1, 0.15) is 22.1 Å². The van der Waals surface area contributed by atoms with Crippen molar-refractivity contribution < 1.29 is 13.6 Å². The molecule has 0 saturated carbocycles. The van der Waals surface area contributed by atoms with Crippen LogP contribution in [0.3, 0.4) is 0 Å². The molecular weight excluding hydrogens is 493 g/mol. The molecule has 166 valence electrons. The van der Waals surface area contributed by atoms with E-state index in [0.29, 0.717) is 0 Å². The molecule has 1 unspecified atom stereocenters. The number of aromatic nitrogens is 1. The summed E-state index contributed by atoms with van der Waals surface area (Å²) in [5.41, 5.74) is 10.3. The van der Waals surface area contributed by atoms with Crippen LogP contribution in [0.4, 0.5) is 8.78 Å². The smallest absolute Gasteiger partial charge is 0.274 e. The summed E-state index contributed by atoms with van der Waals surface area (Å²) in [5, 5.41) is 9.80. The lowest BCUT2D eigenvalue weighted by atomic mass is 9.83. The molecule has 1 aromatic heterocycles. The lowest BCUT2D eigenvalue weighted by Crippen LogP contribution is -2.41. The van der Waals surface area contributed by atoms with Crippen molar-refractivity contribution in [2.45, 2.75) is 5.92 Å². The highest BCUT2D eigenvalue weighted by molar-refractivity contribution is 7.07. The number of carbonyl (C=O) groups excluding carboxylic acids is 1. The number of hydrogen-bond donors (Lipinski definition) is 2. The molecule has 0 spiro atoms. The van der Waals surface area contributed by atoms with Gasteiger partial charge < -0.3 is 11.5 Å². The van der Waals surface area contributed by atoms with Crippen LogP contribution < -0.4 is 26.2 Å². The van der Waals surface area contributed by atoms with Crippen LogP contribution >= 0.6 is 34.5 Å². The summed E-state index contributed by atoms with van der Waals surface area (Å²) in [6, 6.07) is 9.72. The number of amides is 1. The first-order chi connectivity index (χ1) is 15.7. The second-order valence-electron chi connectivity index (χ2n) is 6.95. The second kappa shape index (κ2) is 8.48. The van der Waals surface area contributed by atoms with Crippen LogP contribution in [0.5, 0.6) is 0 Å². The summed E-state index contributed by atoms with van der Waals surface area (Å²) in [7, 11) is 0. The zero-order valence-electron chi connectivity index (χ0n) is 16.4. The maximum absolute atomic E-state index is 14.8. The first-order valence-corrected chi connectivity index (χ1v) is 10.8. The Bertz CT molecular complexity index is 1560. The molecule has 0 radical (unpaired) electrons. The van der Waals surface area contributed by atoms with E-state index in [1.54, 1.807) is 0 Å². The van der Waals surface area contributed by atoms with E-state index in [1.807, 2.05) is 6.07 Å². The summed E-state index contributed by atoms with van der Waals surface area (Å²) in [6.07, 6.45) is 1.21. The third kappa shape index (κ3) is 3.62. The predicted octanol–water partition coefficient (Wildman–Crippen LogP) is 2.41. The Morgan fingerprint density at radius 2 is 1.79 bits per heavy atom. The van der Waals surface area contributed by atoms with E-state index in [9.17, 15) is 23.6 Å². The molecular formula is C22H12Cl2F2N4O2S. The number of carbonyl (C=O) groups is 1. The van der Waals surface area contributed by atoms with Gasteiger partial charge in [0.05, 0.1) is 32.7 Å². The van der Waals surface area contributed by atoms with E-state index in [1.165, 1.54) is 36.4 Å². The number of benzene rings is 2. The molecule has 2 heterocycles. The van der Waals surface area contributed by atoms with E-state index in [0.717, 1.165) is 22.0 Å². The molecule has 1 aliphatic heterocycles. The van der Waals surface area contributed by atoms with Crippen molar-refractivity contribution in [3.05, 3.63) is 94.3 Å². The Morgan fingerprint density at radius 1 is 1.15 bits per heavy atom. The van der Waals surface area contributed by atoms with Crippen molar-refractivity contribution in [2.75, 3.05) is 0 Å². The predicted molar refractivity (Wildman–Crippen MR) is 123 cm³/mol. The normalized spacial score (nSPS) is 16.0. The van der Waals surface area contributed by atoms with Gasteiger partial charge in [0.25, 0.3) is 5.56 Å². The van der Waals surface area contributed by atoms with Gasteiger partial charge in [0.15, 0.2) is 0 Å². The minimum absolute atomic E-state index is 0.0213. The Morgan fingerprint density at radius 3 is 2.36 bits per heavy atom. The Hall–Kier alpha value is -3.45. The first kappa shape index (κ1) is 22.7. The minimum atomic E-state index is -1.34. The third-order valence-corrected chi connectivity index (χ3v) is 6.87. The molecule has 1 amide bonds. The third-order valence-electron chi connectivity index (χ3n) is 5.10. The maximum atomic E-state index is 14.8. The molecule has 4 rings (SSSR count). The van der Waals surface area contributed by atoms with Gasteiger partial charge in [0.2, 0.25) is 5.91 Å². The lowest BCUT2D eigenvalue weighted by Gasteiger charge is -2.25. The van der Waals surface area contributed by atoms with Gasteiger partial charge in [0, 0.05) is 16.1 Å². The Labute approximate surface area is 198 Å². The number of hydrogen-bond acceptors (Lipinski definition) is 5. The maximum Gasteiger partial charge on any atom is 0.274 e. The molecule has 2 aromatic carbocycles. The van der Waals surface area contributed by atoms with E-state index in [2.05, 4.69) is 0 Å². The number of nitriles is 1. The largest absolute Gasteiger partial charge is 0.384 e. The molecule has 0 aliphatic carbocycles. The summed E-state index contributed by atoms with van der Waals surface area (Å²) < 4.78 is 30.0. The number of primary amides is 1. The topological polar surface area (TPSA) is 115 Å². The number of halogens is 4. The minimum Gasteiger partial charge on any atom is -0.384 e. The van der Waals surface area contributed by atoms with Gasteiger partial charge in [-0.1, -0.05) is 35.3 Å². The van der Waals surface area contributed by atoms with Gasteiger partial charge >= 0.3 is 0 Å². The monoisotopic (exact) mass is 504 g/mol. The van der Waals surface area contributed by atoms with Crippen LogP contribution in [-0.2, 0) is 4.79 Å². The Kier molecular flexibility index (Phi) is 5.84. The average molecular weight is 505 g/mol. The van der Waals surface area contributed by atoms with Crippen LogP contribution in [0.1, 0.15) is 17.0 Å². The standard InChI is InChI=1S/C22H12Cl2F2N4O2S/c23-11-3-1-5-13(25)9(11)7-15-21(32)30-19(28)10(8-27)16(18(20(29)31)22(30)33-15)17-12(24)4-2-6-14(17)26/h1-7,16H,28H2,(H2,29,31). The summed E-state index contributed by atoms with van der Waals surface area (Å²) in [5.74, 6) is -4.13. The van der Waals surface area contributed by atoms with E-state index in [-0.39, 0.29) is 47.3 Å². The molecule has 33 heavy (non-hydrogen) atoms. The number of allylic oxidation sites excluding steroid dienone is 1. The number of rotatable bonds is 3. The summed E-state index contributed by atoms with van der Waals surface area (Å²) in [6.45, 7) is 0. The van der Waals surface area contributed by atoms with E-state index >= 15 is 0 Å². The highest BCUT2D eigenvalue weighted by atomic mass is 35.5. The van der Waals surface area contributed by atoms with Gasteiger partial charge in [-0.25, -0.2) is 8.78 Å². The fourth-order valence-electron chi connectivity index (χ4n) is 3.64. The number of nitrogens with two attached hydrogens (primary N) is 2. The molecule has 6 nitrogen and oxygen atoms in total. The molecule has 0 bridgehead atoms. The fraction of sp³-hybridized carbons (Fsp3) is 0.0455. The average Bonchev–Trinajstić information content (AvgIpc) is 3.06. The van der Waals surface area contributed by atoms with Crippen LogP contribution in [0.2, 0.25) is 10.0 Å². The van der Waals surface area contributed by atoms with Crippen molar-refractivity contribution in [1.82, 2.24) is 4.57 Å². The first-order valence-electron chi connectivity index (χ1n) is 9.23. The molecule has 3 aromatic rings. The van der Waals surface area contributed by atoms with Crippen molar-refractivity contribution in [3.63, 3.8) is 0 Å². The van der Waals surface area contributed by atoms with E-state index < -0.39 is 29.0 Å². The molecule has 0 fully saturated rings. The molecule has 1 atom stereocenters. The number of nitrogens with zero attached hydrogens (tertiary/aromatic N) is 2. The lowest BCUT2D eigenvalue weighted by molar-refractivity contribution is -0.113. The van der Waals surface area contributed by atoms with E-state index in [4.69, 9.17) is 34.7 Å². The highest BCUT2D eigenvalue weighted by Crippen LogP contribution is 2.40. The van der Waals surface area contributed by atoms with Crippen LogP contribution in [0.15, 0.2) is 46.8 Å². The molecule has 1 aliphatic rings. The molecule has 4 N–H and O–H groups in total. The van der Waals surface area contributed by atoms with Crippen molar-refractivity contribution >= 4 is 57.9 Å². The Balaban J connectivity index is 2.17.